The van der Waals surface area contributed by atoms with Crippen molar-refractivity contribution < 1.29 is 9.90 Å². The highest BCUT2D eigenvalue weighted by Crippen LogP contribution is 2.28. The van der Waals surface area contributed by atoms with Gasteiger partial charge in [0, 0.05) is 10.0 Å². The Bertz CT molecular complexity index is 671. The van der Waals surface area contributed by atoms with Crippen molar-refractivity contribution in [3.8, 4) is 11.4 Å². The number of aliphatic carboxylic acids is 1. The van der Waals surface area contributed by atoms with Crippen LogP contribution in [0.2, 0.25) is 0 Å². The molecule has 0 amide bonds. The van der Waals surface area contributed by atoms with E-state index < -0.39 is 11.4 Å². The number of carbonyl (C=O) groups is 1. The molecule has 0 saturated carbocycles. The number of nitrogens with zero attached hydrogens (tertiary/aromatic N) is 4. The van der Waals surface area contributed by atoms with Gasteiger partial charge in [-0.15, -0.1) is 5.10 Å². The number of hydrogen-bond donors (Lipinski definition) is 1. The lowest BCUT2D eigenvalue weighted by Crippen LogP contribution is -2.32. The highest BCUT2D eigenvalue weighted by atomic mass is 79.9. The number of carboxylic acids is 1. The molecule has 2 rings (SSSR count). The summed E-state index contributed by atoms with van der Waals surface area (Å²) in [6.45, 7) is 5.75. The van der Waals surface area contributed by atoms with Gasteiger partial charge < -0.3 is 5.11 Å². The molecular weight excluding hydrogens is 336 g/mol. The number of carboxylic acid groups (broad SMARTS) is 1. The number of aromatic nitrogens is 4. The first-order chi connectivity index (χ1) is 9.87. The Hall–Kier alpha value is -1.76. The molecule has 0 saturated heterocycles. The molecule has 7 heteroatoms. The number of halogens is 1. The quantitative estimate of drug-likeness (QED) is 0.894. The Morgan fingerprint density at radius 1 is 1.48 bits per heavy atom. The predicted octanol–water partition coefficient (Wildman–Crippen LogP) is 2.91. The summed E-state index contributed by atoms with van der Waals surface area (Å²) in [5.41, 5.74) is 1.02. The minimum absolute atomic E-state index is 0.229. The lowest BCUT2D eigenvalue weighted by molar-refractivity contribution is -0.149. The maximum absolute atomic E-state index is 11.5. The number of hydrogen-bond acceptors (Lipinski definition) is 4. The smallest absolute Gasteiger partial charge is 0.311 e. The lowest BCUT2D eigenvalue weighted by atomic mass is 9.87. The summed E-state index contributed by atoms with van der Waals surface area (Å²) >= 11 is 3.43. The molecule has 0 bridgehead atoms. The summed E-state index contributed by atoms with van der Waals surface area (Å²) < 4.78 is 2.49. The largest absolute Gasteiger partial charge is 0.481 e. The summed E-state index contributed by atoms with van der Waals surface area (Å²) in [5, 5.41) is 21.1. The van der Waals surface area contributed by atoms with Gasteiger partial charge in [-0.25, -0.2) is 4.68 Å². The van der Waals surface area contributed by atoms with Gasteiger partial charge in [0.05, 0.1) is 12.0 Å². The molecular formula is C14H17BrN4O2. The van der Waals surface area contributed by atoms with Gasteiger partial charge in [0.15, 0.2) is 5.82 Å². The van der Waals surface area contributed by atoms with E-state index >= 15 is 0 Å². The van der Waals surface area contributed by atoms with Gasteiger partial charge in [-0.3, -0.25) is 4.79 Å². The third-order valence-corrected chi connectivity index (χ3v) is 4.26. The molecule has 21 heavy (non-hydrogen) atoms. The molecule has 0 aliphatic heterocycles. The third kappa shape index (κ3) is 3.12. The zero-order valence-electron chi connectivity index (χ0n) is 12.2. The highest BCUT2D eigenvalue weighted by molar-refractivity contribution is 9.10. The molecule has 1 atom stereocenters. The summed E-state index contributed by atoms with van der Waals surface area (Å²) in [7, 11) is 0. The van der Waals surface area contributed by atoms with Crippen LogP contribution in [0.4, 0.5) is 0 Å². The fraction of sp³-hybridized carbons (Fsp3) is 0.429. The van der Waals surface area contributed by atoms with Crippen LogP contribution >= 0.6 is 15.9 Å². The molecule has 1 N–H and O–H groups in total. The molecule has 0 radical (unpaired) electrons. The molecule has 2 aromatic rings. The fourth-order valence-electron chi connectivity index (χ4n) is 2.00. The molecule has 1 aromatic heterocycles. The molecule has 0 fully saturated rings. The van der Waals surface area contributed by atoms with Crippen LogP contribution in [-0.2, 0) is 11.3 Å². The van der Waals surface area contributed by atoms with E-state index in [2.05, 4.69) is 31.5 Å². The van der Waals surface area contributed by atoms with Crippen LogP contribution in [0, 0.1) is 12.3 Å². The molecule has 0 aliphatic rings. The van der Waals surface area contributed by atoms with Gasteiger partial charge in [0.25, 0.3) is 0 Å². The summed E-state index contributed by atoms with van der Waals surface area (Å²) in [6.07, 6.45) is 0.499. The summed E-state index contributed by atoms with van der Waals surface area (Å²) in [5.74, 6) is -0.271. The molecule has 1 heterocycles. The maximum Gasteiger partial charge on any atom is 0.311 e. The predicted molar refractivity (Wildman–Crippen MR) is 81.7 cm³/mol. The third-order valence-electron chi connectivity index (χ3n) is 3.77. The minimum atomic E-state index is -0.899. The van der Waals surface area contributed by atoms with E-state index in [4.69, 9.17) is 0 Å². The Morgan fingerprint density at radius 3 is 2.81 bits per heavy atom. The van der Waals surface area contributed by atoms with Gasteiger partial charge in [0.1, 0.15) is 0 Å². The van der Waals surface area contributed by atoms with Crippen molar-refractivity contribution in [1.29, 1.82) is 0 Å². The maximum atomic E-state index is 11.5. The van der Waals surface area contributed by atoms with Crippen LogP contribution in [0.25, 0.3) is 11.4 Å². The lowest BCUT2D eigenvalue weighted by Gasteiger charge is -2.23. The van der Waals surface area contributed by atoms with Crippen molar-refractivity contribution in [2.45, 2.75) is 33.7 Å². The van der Waals surface area contributed by atoms with Gasteiger partial charge in [-0.2, -0.15) is 0 Å². The van der Waals surface area contributed by atoms with Crippen LogP contribution in [0.15, 0.2) is 22.7 Å². The molecule has 0 spiro atoms. The number of rotatable bonds is 5. The van der Waals surface area contributed by atoms with Gasteiger partial charge >= 0.3 is 5.97 Å². The number of tetrazole rings is 1. The van der Waals surface area contributed by atoms with Gasteiger partial charge in [0.2, 0.25) is 0 Å². The molecule has 112 valence electrons. The van der Waals surface area contributed by atoms with Crippen molar-refractivity contribution in [1.82, 2.24) is 20.2 Å². The van der Waals surface area contributed by atoms with Crippen molar-refractivity contribution in [2.24, 2.45) is 5.41 Å². The van der Waals surface area contributed by atoms with Gasteiger partial charge in [-0.1, -0.05) is 28.9 Å². The zero-order valence-corrected chi connectivity index (χ0v) is 13.8. The van der Waals surface area contributed by atoms with E-state index in [0.717, 1.165) is 15.6 Å². The van der Waals surface area contributed by atoms with E-state index in [0.29, 0.717) is 12.2 Å². The van der Waals surface area contributed by atoms with Crippen molar-refractivity contribution in [3.63, 3.8) is 0 Å². The number of aryl methyl sites for hydroxylation is 1. The van der Waals surface area contributed by atoms with E-state index in [-0.39, 0.29) is 6.54 Å². The van der Waals surface area contributed by atoms with Crippen molar-refractivity contribution in [3.05, 3.63) is 28.2 Å². The standard InChI is InChI=1S/C14H17BrN4O2/c1-4-14(3,13(20)21)8-19-12(16-17-18-19)11-7-10(15)6-5-9(11)2/h5-7H,4,8H2,1-3H3,(H,20,21). The fourth-order valence-corrected chi connectivity index (χ4v) is 2.36. The van der Waals surface area contributed by atoms with Crippen molar-refractivity contribution >= 4 is 21.9 Å². The summed E-state index contributed by atoms with van der Waals surface area (Å²) in [4.78, 5) is 11.5. The normalized spacial score (nSPS) is 13.9. The first kappa shape index (κ1) is 15.6. The second-order valence-electron chi connectivity index (χ2n) is 5.34. The molecule has 0 aliphatic carbocycles. The van der Waals surface area contributed by atoms with E-state index in [9.17, 15) is 9.90 Å². The van der Waals surface area contributed by atoms with E-state index in [1.165, 1.54) is 0 Å². The average molecular weight is 353 g/mol. The van der Waals surface area contributed by atoms with Gasteiger partial charge in [-0.05, 0) is 48.4 Å². The Balaban J connectivity index is 2.44. The highest BCUT2D eigenvalue weighted by Gasteiger charge is 2.33. The van der Waals surface area contributed by atoms with Crippen LogP contribution in [0.3, 0.4) is 0 Å². The molecule has 1 unspecified atom stereocenters. The van der Waals surface area contributed by atoms with Crippen molar-refractivity contribution in [2.75, 3.05) is 0 Å². The molecule has 6 nitrogen and oxygen atoms in total. The van der Waals surface area contributed by atoms with Crippen LogP contribution in [0.1, 0.15) is 25.8 Å². The second kappa shape index (κ2) is 5.93. The topological polar surface area (TPSA) is 80.9 Å². The Labute approximate surface area is 131 Å². The average Bonchev–Trinajstić information content (AvgIpc) is 2.89. The minimum Gasteiger partial charge on any atom is -0.481 e. The Morgan fingerprint density at radius 2 is 2.19 bits per heavy atom. The molecule has 1 aromatic carbocycles. The van der Waals surface area contributed by atoms with E-state index in [1.54, 1.807) is 11.6 Å². The SMILES string of the molecule is CCC(C)(Cn1nnnc1-c1cc(Br)ccc1C)C(=O)O. The van der Waals surface area contributed by atoms with E-state index in [1.807, 2.05) is 32.0 Å². The number of benzene rings is 1. The first-order valence-corrected chi connectivity index (χ1v) is 7.43. The Kier molecular flexibility index (Phi) is 4.41. The second-order valence-corrected chi connectivity index (χ2v) is 6.25. The monoisotopic (exact) mass is 352 g/mol. The summed E-state index contributed by atoms with van der Waals surface area (Å²) in [6, 6.07) is 5.84. The first-order valence-electron chi connectivity index (χ1n) is 6.63. The van der Waals surface area contributed by atoms with Crippen LogP contribution in [0.5, 0.6) is 0 Å². The zero-order chi connectivity index (χ0) is 15.6. The van der Waals surface area contributed by atoms with Crippen LogP contribution < -0.4 is 0 Å². The van der Waals surface area contributed by atoms with Crippen LogP contribution in [-0.4, -0.2) is 31.3 Å².